The topological polar surface area (TPSA) is 40.5 Å². The zero-order valence-electron chi connectivity index (χ0n) is 10.9. The summed E-state index contributed by atoms with van der Waals surface area (Å²) in [5, 5.41) is 9.53. The van der Waals surface area contributed by atoms with Gasteiger partial charge in [0.2, 0.25) is 5.91 Å². The molecule has 2 rings (SSSR count). The number of halogens is 1. The maximum absolute atomic E-state index is 12.0. The largest absolute Gasteiger partial charge is 0.393 e. The van der Waals surface area contributed by atoms with Gasteiger partial charge in [-0.05, 0) is 37.1 Å². The Hall–Kier alpha value is -1.13. The van der Waals surface area contributed by atoms with Crippen molar-refractivity contribution in [2.24, 2.45) is 5.92 Å². The van der Waals surface area contributed by atoms with E-state index in [1.807, 2.05) is 30.3 Å². The fourth-order valence-electron chi connectivity index (χ4n) is 2.26. The summed E-state index contributed by atoms with van der Waals surface area (Å²) in [6.45, 7) is 3.17. The smallest absolute Gasteiger partial charge is 0.246 e. The Morgan fingerprint density at radius 2 is 2.37 bits per heavy atom. The van der Waals surface area contributed by atoms with E-state index < -0.39 is 0 Å². The second-order valence-electron chi connectivity index (χ2n) is 4.96. The van der Waals surface area contributed by atoms with Crippen LogP contribution in [0.3, 0.4) is 0 Å². The first-order valence-electron chi connectivity index (χ1n) is 6.47. The summed E-state index contributed by atoms with van der Waals surface area (Å²) in [6.07, 6.45) is 3.97. The van der Waals surface area contributed by atoms with Crippen molar-refractivity contribution in [2.75, 3.05) is 13.1 Å². The molecule has 0 spiro atoms. The molecular formula is C15H18BrNO2. The molecule has 1 amide bonds. The van der Waals surface area contributed by atoms with Gasteiger partial charge in [0.25, 0.3) is 0 Å². The molecule has 0 bridgehead atoms. The molecule has 19 heavy (non-hydrogen) atoms. The Morgan fingerprint density at radius 1 is 1.58 bits per heavy atom. The van der Waals surface area contributed by atoms with Crippen molar-refractivity contribution in [3.63, 3.8) is 0 Å². The Balaban J connectivity index is 1.95. The maximum atomic E-state index is 12.0. The average Bonchev–Trinajstić information content (AvgIpc) is 2.86. The highest BCUT2D eigenvalue weighted by atomic mass is 79.9. The van der Waals surface area contributed by atoms with Crippen LogP contribution in [0.4, 0.5) is 0 Å². The number of likely N-dealkylation sites (tertiary alicyclic amines) is 1. The number of aliphatic hydroxyl groups is 1. The number of carbonyl (C=O) groups excluding carboxylic acids is 1. The van der Waals surface area contributed by atoms with E-state index >= 15 is 0 Å². The molecule has 0 saturated carbocycles. The van der Waals surface area contributed by atoms with E-state index in [0.717, 1.165) is 23.0 Å². The molecule has 1 fully saturated rings. The first-order chi connectivity index (χ1) is 9.06. The normalized spacial score (nSPS) is 21.0. The highest BCUT2D eigenvalue weighted by Crippen LogP contribution is 2.20. The second kappa shape index (κ2) is 6.35. The quantitative estimate of drug-likeness (QED) is 0.869. The van der Waals surface area contributed by atoms with Crippen LogP contribution in [-0.4, -0.2) is 35.1 Å². The number of nitrogens with zero attached hydrogens (tertiary/aromatic N) is 1. The SMILES string of the molecule is CC(O)C1CCN(C(=O)/C=C/c2cccc(Br)c2)C1. The number of hydrogen-bond donors (Lipinski definition) is 1. The van der Waals surface area contributed by atoms with E-state index in [1.165, 1.54) is 0 Å². The molecule has 3 nitrogen and oxygen atoms in total. The Morgan fingerprint density at radius 3 is 3.00 bits per heavy atom. The number of rotatable bonds is 3. The van der Waals surface area contributed by atoms with Gasteiger partial charge in [-0.3, -0.25) is 4.79 Å². The van der Waals surface area contributed by atoms with Crippen LogP contribution < -0.4 is 0 Å². The van der Waals surface area contributed by atoms with Gasteiger partial charge in [-0.15, -0.1) is 0 Å². The molecule has 2 atom stereocenters. The van der Waals surface area contributed by atoms with Crippen LogP contribution >= 0.6 is 15.9 Å². The molecule has 1 aromatic carbocycles. The van der Waals surface area contributed by atoms with Gasteiger partial charge in [0.15, 0.2) is 0 Å². The minimum absolute atomic E-state index is 0.0168. The lowest BCUT2D eigenvalue weighted by atomic mass is 10.0. The third-order valence-corrected chi connectivity index (χ3v) is 3.98. The predicted octanol–water partition coefficient (Wildman–Crippen LogP) is 2.69. The molecule has 1 aromatic rings. The van der Waals surface area contributed by atoms with Crippen molar-refractivity contribution >= 4 is 27.9 Å². The van der Waals surface area contributed by atoms with Crippen molar-refractivity contribution in [1.29, 1.82) is 0 Å². The molecule has 0 aromatic heterocycles. The van der Waals surface area contributed by atoms with Gasteiger partial charge in [0, 0.05) is 29.6 Å². The first-order valence-corrected chi connectivity index (χ1v) is 7.26. The fourth-order valence-corrected chi connectivity index (χ4v) is 2.68. The van der Waals surface area contributed by atoms with Gasteiger partial charge in [-0.25, -0.2) is 0 Å². The second-order valence-corrected chi connectivity index (χ2v) is 5.88. The van der Waals surface area contributed by atoms with Gasteiger partial charge in [0.05, 0.1) is 6.10 Å². The molecule has 1 N–H and O–H groups in total. The average molecular weight is 324 g/mol. The third kappa shape index (κ3) is 3.91. The van der Waals surface area contributed by atoms with Gasteiger partial charge in [-0.2, -0.15) is 0 Å². The lowest BCUT2D eigenvalue weighted by molar-refractivity contribution is -0.125. The summed E-state index contributed by atoms with van der Waals surface area (Å²) in [7, 11) is 0. The summed E-state index contributed by atoms with van der Waals surface area (Å²) in [5.41, 5.74) is 0.994. The van der Waals surface area contributed by atoms with Crippen molar-refractivity contribution in [3.8, 4) is 0 Å². The zero-order chi connectivity index (χ0) is 13.8. The van der Waals surface area contributed by atoms with E-state index in [0.29, 0.717) is 6.54 Å². The number of carbonyl (C=O) groups is 1. The molecule has 1 saturated heterocycles. The van der Waals surface area contributed by atoms with Crippen LogP contribution in [-0.2, 0) is 4.79 Å². The van der Waals surface area contributed by atoms with Crippen LogP contribution in [0.2, 0.25) is 0 Å². The van der Waals surface area contributed by atoms with Crippen molar-refractivity contribution in [1.82, 2.24) is 4.90 Å². The van der Waals surface area contributed by atoms with Crippen LogP contribution in [0.25, 0.3) is 6.08 Å². The van der Waals surface area contributed by atoms with Crippen LogP contribution in [0.5, 0.6) is 0 Å². The van der Waals surface area contributed by atoms with E-state index in [-0.39, 0.29) is 17.9 Å². The van der Waals surface area contributed by atoms with E-state index in [4.69, 9.17) is 0 Å². The highest BCUT2D eigenvalue weighted by molar-refractivity contribution is 9.10. The van der Waals surface area contributed by atoms with Gasteiger partial charge >= 0.3 is 0 Å². The summed E-state index contributed by atoms with van der Waals surface area (Å²) < 4.78 is 0.998. The van der Waals surface area contributed by atoms with Crippen LogP contribution in [0.1, 0.15) is 18.9 Å². The monoisotopic (exact) mass is 323 g/mol. The zero-order valence-corrected chi connectivity index (χ0v) is 12.5. The fraction of sp³-hybridized carbons (Fsp3) is 0.400. The van der Waals surface area contributed by atoms with Crippen molar-refractivity contribution < 1.29 is 9.90 Å². The lowest BCUT2D eigenvalue weighted by Gasteiger charge is -2.15. The lowest BCUT2D eigenvalue weighted by Crippen LogP contribution is -2.28. The summed E-state index contributed by atoms with van der Waals surface area (Å²) >= 11 is 3.40. The Bertz CT molecular complexity index is 485. The van der Waals surface area contributed by atoms with Gasteiger partial charge in [0.1, 0.15) is 0 Å². The van der Waals surface area contributed by atoms with E-state index in [1.54, 1.807) is 17.9 Å². The van der Waals surface area contributed by atoms with E-state index in [9.17, 15) is 9.90 Å². The number of amides is 1. The van der Waals surface area contributed by atoms with Gasteiger partial charge < -0.3 is 10.0 Å². The minimum atomic E-state index is -0.341. The standard InChI is InChI=1S/C15H18BrNO2/c1-11(18)13-7-8-17(10-13)15(19)6-5-12-3-2-4-14(16)9-12/h2-6,9,11,13,18H,7-8,10H2,1H3/b6-5+. The number of aliphatic hydroxyl groups excluding tert-OH is 1. The molecule has 1 aliphatic rings. The predicted molar refractivity (Wildman–Crippen MR) is 79.5 cm³/mol. The molecule has 4 heteroatoms. The molecule has 1 heterocycles. The van der Waals surface area contributed by atoms with Crippen molar-refractivity contribution in [3.05, 3.63) is 40.4 Å². The minimum Gasteiger partial charge on any atom is -0.393 e. The summed E-state index contributed by atoms with van der Waals surface area (Å²) in [5.74, 6) is 0.228. The van der Waals surface area contributed by atoms with E-state index in [2.05, 4.69) is 15.9 Å². The van der Waals surface area contributed by atoms with Crippen molar-refractivity contribution in [2.45, 2.75) is 19.4 Å². The van der Waals surface area contributed by atoms with Crippen LogP contribution in [0, 0.1) is 5.92 Å². The molecule has 1 aliphatic heterocycles. The maximum Gasteiger partial charge on any atom is 0.246 e. The summed E-state index contributed by atoms with van der Waals surface area (Å²) in [6, 6.07) is 7.81. The molecule has 102 valence electrons. The van der Waals surface area contributed by atoms with Crippen LogP contribution in [0.15, 0.2) is 34.8 Å². The molecule has 2 unspecified atom stereocenters. The summed E-state index contributed by atoms with van der Waals surface area (Å²) in [4.78, 5) is 13.8. The van der Waals surface area contributed by atoms with Gasteiger partial charge in [-0.1, -0.05) is 28.1 Å². The highest BCUT2D eigenvalue weighted by Gasteiger charge is 2.27. The Kier molecular flexibility index (Phi) is 4.77. The molecule has 0 aliphatic carbocycles. The first kappa shape index (κ1) is 14.3. The third-order valence-electron chi connectivity index (χ3n) is 3.49. The molecular weight excluding hydrogens is 306 g/mol. The number of hydrogen-bond acceptors (Lipinski definition) is 2. The molecule has 0 radical (unpaired) electrons. The Labute approximate surface area is 122 Å². The number of benzene rings is 1.